The lowest BCUT2D eigenvalue weighted by molar-refractivity contribution is 0.0526. The number of aromatic nitrogens is 2. The van der Waals surface area contributed by atoms with E-state index >= 15 is 0 Å². The number of carbonyl (C=O) groups excluding carboxylic acids is 2. The van der Waals surface area contributed by atoms with Gasteiger partial charge >= 0.3 is 6.09 Å². The molecular formula is C24H26N6O5S2. The fourth-order valence-electron chi connectivity index (χ4n) is 3.40. The molecule has 194 valence electrons. The molecule has 13 heteroatoms. The van der Waals surface area contributed by atoms with Crippen molar-refractivity contribution in [2.24, 2.45) is 5.14 Å². The molecule has 2 amide bonds. The van der Waals surface area contributed by atoms with Gasteiger partial charge in [-0.3, -0.25) is 4.79 Å². The number of hydrogen-bond donors (Lipinski definition) is 4. The second-order valence-corrected chi connectivity index (χ2v) is 11.7. The Hall–Kier alpha value is -3.81. The number of ether oxygens (including phenoxy) is 1. The highest BCUT2D eigenvalue weighted by Crippen LogP contribution is 2.31. The Kier molecular flexibility index (Phi) is 7.30. The summed E-state index contributed by atoms with van der Waals surface area (Å²) in [5, 5.41) is 15.2. The Balaban J connectivity index is 1.49. The summed E-state index contributed by atoms with van der Waals surface area (Å²) in [6, 6.07) is 11.6. The number of rotatable bonds is 7. The van der Waals surface area contributed by atoms with E-state index in [0.717, 1.165) is 15.5 Å². The maximum absolute atomic E-state index is 12.7. The molecule has 0 saturated carbocycles. The molecular weight excluding hydrogens is 516 g/mol. The van der Waals surface area contributed by atoms with E-state index in [0.29, 0.717) is 16.1 Å². The molecule has 0 aliphatic carbocycles. The molecule has 0 radical (unpaired) electrons. The number of amides is 2. The van der Waals surface area contributed by atoms with Crippen LogP contribution in [0.4, 0.5) is 16.4 Å². The summed E-state index contributed by atoms with van der Waals surface area (Å²) in [6.07, 6.45) is 1.10. The molecule has 5 N–H and O–H groups in total. The highest BCUT2D eigenvalue weighted by molar-refractivity contribution is 7.89. The van der Waals surface area contributed by atoms with Gasteiger partial charge in [0.2, 0.25) is 16.0 Å². The maximum Gasteiger partial charge on any atom is 0.407 e. The predicted octanol–water partition coefficient (Wildman–Crippen LogP) is 3.49. The topological polar surface area (TPSA) is 165 Å². The number of nitrogens with one attached hydrogen (secondary N) is 3. The summed E-state index contributed by atoms with van der Waals surface area (Å²) in [4.78, 5) is 33.8. The average Bonchev–Trinajstić information content (AvgIpc) is 3.25. The van der Waals surface area contributed by atoms with Gasteiger partial charge in [0.15, 0.2) is 0 Å². The number of hydrogen-bond acceptors (Lipinski definition) is 9. The fraction of sp³-hybridized carbons (Fsp3) is 0.250. The third kappa shape index (κ3) is 6.70. The molecule has 37 heavy (non-hydrogen) atoms. The van der Waals surface area contributed by atoms with E-state index in [2.05, 4.69) is 25.9 Å². The molecule has 2 aromatic heterocycles. The Morgan fingerprint density at radius 3 is 2.57 bits per heavy atom. The fourth-order valence-corrected chi connectivity index (χ4v) is 4.94. The molecule has 0 bridgehead atoms. The number of nitrogens with two attached hydrogens (primary N) is 1. The van der Waals surface area contributed by atoms with Gasteiger partial charge in [0.25, 0.3) is 5.91 Å². The van der Waals surface area contributed by atoms with Crippen molar-refractivity contribution in [2.45, 2.75) is 31.3 Å². The lowest BCUT2D eigenvalue weighted by Crippen LogP contribution is -2.37. The molecule has 0 fully saturated rings. The molecule has 0 saturated heterocycles. The second kappa shape index (κ2) is 10.3. The number of sulfonamides is 1. The van der Waals surface area contributed by atoms with Crippen molar-refractivity contribution in [1.82, 2.24) is 20.6 Å². The van der Waals surface area contributed by atoms with Crippen LogP contribution in [0.25, 0.3) is 21.0 Å². The average molecular weight is 543 g/mol. The minimum Gasteiger partial charge on any atom is -0.444 e. The quantitative estimate of drug-likeness (QED) is 0.258. The zero-order valence-electron chi connectivity index (χ0n) is 20.4. The van der Waals surface area contributed by atoms with Gasteiger partial charge in [-0.1, -0.05) is 6.07 Å². The summed E-state index contributed by atoms with van der Waals surface area (Å²) in [5.74, 6) is -0.00968. The van der Waals surface area contributed by atoms with Crippen molar-refractivity contribution in [2.75, 3.05) is 18.4 Å². The Morgan fingerprint density at radius 1 is 1.08 bits per heavy atom. The van der Waals surface area contributed by atoms with E-state index in [4.69, 9.17) is 9.88 Å². The van der Waals surface area contributed by atoms with Crippen LogP contribution in [0.15, 0.2) is 53.6 Å². The van der Waals surface area contributed by atoms with Gasteiger partial charge in [-0.2, -0.15) is 0 Å². The smallest absolute Gasteiger partial charge is 0.407 e. The molecule has 4 rings (SSSR count). The standard InChI is InChI=1S/C24H26N6O5S2/c1-24(2,3)35-23(32)27-10-9-26-21(31)19-12-17-18(36-19)8-7-14-13-28-22(30-20(14)17)29-15-5-4-6-16(11-15)37(25,33)34/h4-8,11-13H,9-10H2,1-3H3,(H,26,31)(H,27,32)(H2,25,33,34)(H,28,29,30). The summed E-state index contributed by atoms with van der Waals surface area (Å²) >= 11 is 1.32. The SMILES string of the molecule is CC(C)(C)OC(=O)NCCNC(=O)c1cc2c(ccc3cnc(Nc4cccc(S(N)(=O)=O)c4)nc32)s1. The molecule has 11 nitrogen and oxygen atoms in total. The van der Waals surface area contributed by atoms with Crippen LogP contribution < -0.4 is 21.1 Å². The number of thiophene rings is 1. The molecule has 0 atom stereocenters. The molecule has 0 spiro atoms. The van der Waals surface area contributed by atoms with Gasteiger partial charge in [0.05, 0.1) is 15.3 Å². The van der Waals surface area contributed by atoms with Crippen molar-refractivity contribution < 1.29 is 22.7 Å². The Bertz CT molecular complexity index is 1590. The van der Waals surface area contributed by atoms with E-state index < -0.39 is 21.7 Å². The Labute approximate surface area is 217 Å². The van der Waals surface area contributed by atoms with Crippen LogP contribution in [-0.4, -0.2) is 49.1 Å². The van der Waals surface area contributed by atoms with E-state index in [1.54, 1.807) is 45.2 Å². The normalized spacial score (nSPS) is 11.9. The second-order valence-electron chi connectivity index (χ2n) is 9.10. The van der Waals surface area contributed by atoms with Gasteiger partial charge in [-0.15, -0.1) is 11.3 Å². The number of nitrogens with zero attached hydrogens (tertiary/aromatic N) is 2. The first-order valence-corrected chi connectivity index (χ1v) is 13.6. The van der Waals surface area contributed by atoms with E-state index in [1.165, 1.54) is 23.5 Å². The van der Waals surface area contributed by atoms with Gasteiger partial charge in [-0.05, 0) is 57.2 Å². The molecule has 0 aliphatic rings. The summed E-state index contributed by atoms with van der Waals surface area (Å²) in [5.41, 5.74) is 0.504. The van der Waals surface area contributed by atoms with Crippen LogP contribution >= 0.6 is 11.3 Å². The zero-order valence-corrected chi connectivity index (χ0v) is 22.0. The van der Waals surface area contributed by atoms with Crippen LogP contribution in [0.5, 0.6) is 0 Å². The Morgan fingerprint density at radius 2 is 1.84 bits per heavy atom. The minimum absolute atomic E-state index is 0.0320. The van der Waals surface area contributed by atoms with Crippen LogP contribution in [-0.2, 0) is 14.8 Å². The molecule has 0 aliphatic heterocycles. The van der Waals surface area contributed by atoms with Crippen molar-refractivity contribution in [3.05, 3.63) is 53.5 Å². The number of fused-ring (bicyclic) bond motifs is 3. The van der Waals surface area contributed by atoms with E-state index in [9.17, 15) is 18.0 Å². The van der Waals surface area contributed by atoms with Gasteiger partial charge in [0, 0.05) is 40.4 Å². The molecule has 4 aromatic rings. The highest BCUT2D eigenvalue weighted by Gasteiger charge is 2.17. The number of anilines is 2. The number of alkyl carbamates (subject to hydrolysis) is 1. The minimum atomic E-state index is -3.85. The van der Waals surface area contributed by atoms with Gasteiger partial charge in [-0.25, -0.2) is 28.3 Å². The van der Waals surface area contributed by atoms with E-state index in [1.807, 2.05) is 12.1 Å². The summed E-state index contributed by atoms with van der Waals surface area (Å²) < 4.78 is 29.3. The maximum atomic E-state index is 12.7. The zero-order chi connectivity index (χ0) is 26.8. The van der Waals surface area contributed by atoms with Crippen molar-refractivity contribution in [3.8, 4) is 0 Å². The number of primary sulfonamides is 1. The molecule has 2 aromatic carbocycles. The first kappa shape index (κ1) is 26.3. The first-order chi connectivity index (χ1) is 17.4. The highest BCUT2D eigenvalue weighted by atomic mass is 32.2. The van der Waals surface area contributed by atoms with Gasteiger partial charge < -0.3 is 20.7 Å². The number of benzene rings is 2. The van der Waals surface area contributed by atoms with Crippen LogP contribution in [0.2, 0.25) is 0 Å². The largest absolute Gasteiger partial charge is 0.444 e. The monoisotopic (exact) mass is 542 g/mol. The molecule has 2 heterocycles. The molecule has 0 unspecified atom stereocenters. The summed E-state index contributed by atoms with van der Waals surface area (Å²) in [6.45, 7) is 5.78. The van der Waals surface area contributed by atoms with E-state index in [-0.39, 0.29) is 29.8 Å². The van der Waals surface area contributed by atoms with Crippen molar-refractivity contribution in [1.29, 1.82) is 0 Å². The van der Waals surface area contributed by atoms with Crippen molar-refractivity contribution >= 4 is 66.0 Å². The predicted molar refractivity (Wildman–Crippen MR) is 143 cm³/mol. The lowest BCUT2D eigenvalue weighted by atomic mass is 10.2. The van der Waals surface area contributed by atoms with Crippen LogP contribution in [0, 0.1) is 0 Å². The van der Waals surface area contributed by atoms with Crippen LogP contribution in [0.3, 0.4) is 0 Å². The number of carbonyl (C=O) groups is 2. The summed E-state index contributed by atoms with van der Waals surface area (Å²) in [7, 11) is -3.85. The third-order valence-corrected chi connectivity index (χ3v) is 6.98. The third-order valence-electron chi connectivity index (χ3n) is 4.97. The van der Waals surface area contributed by atoms with Crippen molar-refractivity contribution in [3.63, 3.8) is 0 Å². The van der Waals surface area contributed by atoms with Gasteiger partial charge in [0.1, 0.15) is 5.60 Å². The van der Waals surface area contributed by atoms with Crippen LogP contribution in [0.1, 0.15) is 30.4 Å². The first-order valence-electron chi connectivity index (χ1n) is 11.2. The lowest BCUT2D eigenvalue weighted by Gasteiger charge is -2.19.